The van der Waals surface area contributed by atoms with Gasteiger partial charge in [0.2, 0.25) is 0 Å². The van der Waals surface area contributed by atoms with Crippen LogP contribution in [0.15, 0.2) is 54.6 Å². The van der Waals surface area contributed by atoms with E-state index in [1.54, 1.807) is 38.1 Å². The molecule has 0 saturated heterocycles. The summed E-state index contributed by atoms with van der Waals surface area (Å²) in [6.07, 6.45) is -0.522. The molecular formula is C17H19NO3. The second-order valence-electron chi connectivity index (χ2n) is 5.33. The number of benzene rings is 2. The van der Waals surface area contributed by atoms with Crippen LogP contribution in [0.5, 0.6) is 0 Å². The van der Waals surface area contributed by atoms with Gasteiger partial charge in [0.1, 0.15) is 6.61 Å². The van der Waals surface area contributed by atoms with E-state index >= 15 is 0 Å². The summed E-state index contributed by atoms with van der Waals surface area (Å²) in [5, 5.41) is 12.6. The summed E-state index contributed by atoms with van der Waals surface area (Å²) in [6.45, 7) is 3.61. The number of aliphatic hydroxyl groups is 1. The van der Waals surface area contributed by atoms with Crippen LogP contribution in [0.3, 0.4) is 0 Å². The molecule has 0 radical (unpaired) electrons. The average Bonchev–Trinajstić information content (AvgIpc) is 2.46. The van der Waals surface area contributed by atoms with Crippen molar-refractivity contribution in [2.75, 3.05) is 5.32 Å². The highest BCUT2D eigenvalue weighted by molar-refractivity contribution is 5.84. The summed E-state index contributed by atoms with van der Waals surface area (Å²) >= 11 is 0. The van der Waals surface area contributed by atoms with Gasteiger partial charge in [-0.1, -0.05) is 42.5 Å². The summed E-state index contributed by atoms with van der Waals surface area (Å²) in [4.78, 5) is 11.8. The molecule has 0 heterocycles. The minimum atomic E-state index is -0.953. The molecule has 2 aromatic rings. The van der Waals surface area contributed by atoms with Crippen molar-refractivity contribution < 1.29 is 14.6 Å². The van der Waals surface area contributed by atoms with Gasteiger partial charge < -0.3 is 9.84 Å². The van der Waals surface area contributed by atoms with Gasteiger partial charge in [-0.25, -0.2) is 4.79 Å². The number of nitrogens with one attached hydrogen (secondary N) is 1. The van der Waals surface area contributed by atoms with E-state index < -0.39 is 11.7 Å². The Labute approximate surface area is 124 Å². The molecule has 21 heavy (non-hydrogen) atoms. The first-order valence-electron chi connectivity index (χ1n) is 6.76. The fourth-order valence-corrected chi connectivity index (χ4v) is 1.85. The van der Waals surface area contributed by atoms with Gasteiger partial charge in [-0.05, 0) is 37.1 Å². The van der Waals surface area contributed by atoms with Gasteiger partial charge in [0.05, 0.1) is 5.60 Å². The predicted molar refractivity (Wildman–Crippen MR) is 81.9 cm³/mol. The number of amides is 1. The molecule has 0 spiro atoms. The Kier molecular flexibility index (Phi) is 4.60. The molecule has 0 saturated carbocycles. The molecule has 2 rings (SSSR count). The summed E-state index contributed by atoms with van der Waals surface area (Å²) in [7, 11) is 0. The molecule has 4 nitrogen and oxygen atoms in total. The van der Waals surface area contributed by atoms with Crippen molar-refractivity contribution in [3.05, 3.63) is 65.7 Å². The standard InChI is InChI=1S/C17H19NO3/c1-17(2,20)14-9-6-10-15(11-14)18-16(19)21-12-13-7-4-3-5-8-13/h3-11,20H,12H2,1-2H3,(H,18,19). The highest BCUT2D eigenvalue weighted by atomic mass is 16.5. The molecule has 2 N–H and O–H groups in total. The summed E-state index contributed by atoms with van der Waals surface area (Å²) in [6, 6.07) is 16.5. The molecule has 2 aromatic carbocycles. The van der Waals surface area contributed by atoms with Crippen molar-refractivity contribution >= 4 is 11.8 Å². The smallest absolute Gasteiger partial charge is 0.411 e. The van der Waals surface area contributed by atoms with Gasteiger partial charge in [0.25, 0.3) is 0 Å². The number of hydrogen-bond acceptors (Lipinski definition) is 3. The van der Waals surface area contributed by atoms with Crippen molar-refractivity contribution in [3.63, 3.8) is 0 Å². The molecular weight excluding hydrogens is 266 g/mol. The van der Waals surface area contributed by atoms with Crippen LogP contribution in [0.1, 0.15) is 25.0 Å². The van der Waals surface area contributed by atoms with E-state index in [9.17, 15) is 9.90 Å². The second kappa shape index (κ2) is 6.41. The fraction of sp³-hybridized carbons (Fsp3) is 0.235. The van der Waals surface area contributed by atoms with Gasteiger partial charge in [0.15, 0.2) is 0 Å². The lowest BCUT2D eigenvalue weighted by Gasteiger charge is -2.18. The van der Waals surface area contributed by atoms with Crippen LogP contribution in [0.4, 0.5) is 10.5 Å². The maximum Gasteiger partial charge on any atom is 0.411 e. The first-order valence-corrected chi connectivity index (χ1v) is 6.76. The lowest BCUT2D eigenvalue weighted by molar-refractivity contribution is 0.0786. The van der Waals surface area contributed by atoms with Crippen LogP contribution in [-0.4, -0.2) is 11.2 Å². The molecule has 110 valence electrons. The van der Waals surface area contributed by atoms with E-state index in [2.05, 4.69) is 5.32 Å². The number of ether oxygens (including phenoxy) is 1. The van der Waals surface area contributed by atoms with E-state index in [1.807, 2.05) is 30.3 Å². The average molecular weight is 285 g/mol. The van der Waals surface area contributed by atoms with Crippen LogP contribution in [0.2, 0.25) is 0 Å². The van der Waals surface area contributed by atoms with Crippen molar-refractivity contribution in [1.82, 2.24) is 0 Å². The Morgan fingerprint density at radius 3 is 2.52 bits per heavy atom. The SMILES string of the molecule is CC(C)(O)c1cccc(NC(=O)OCc2ccccc2)c1. The zero-order valence-electron chi connectivity index (χ0n) is 12.2. The third-order valence-electron chi connectivity index (χ3n) is 3.03. The minimum Gasteiger partial charge on any atom is -0.444 e. The molecule has 0 unspecified atom stereocenters. The highest BCUT2D eigenvalue weighted by Gasteiger charge is 2.16. The molecule has 0 aliphatic rings. The monoisotopic (exact) mass is 285 g/mol. The Morgan fingerprint density at radius 2 is 1.86 bits per heavy atom. The third kappa shape index (κ3) is 4.61. The van der Waals surface area contributed by atoms with Gasteiger partial charge in [-0.15, -0.1) is 0 Å². The van der Waals surface area contributed by atoms with Gasteiger partial charge in [0, 0.05) is 5.69 Å². The van der Waals surface area contributed by atoms with E-state index in [0.717, 1.165) is 11.1 Å². The molecule has 0 fully saturated rings. The predicted octanol–water partition coefficient (Wildman–Crippen LogP) is 3.66. The lowest BCUT2D eigenvalue weighted by atomic mass is 9.98. The summed E-state index contributed by atoms with van der Waals surface area (Å²) in [5.74, 6) is 0. The number of hydrogen-bond donors (Lipinski definition) is 2. The van der Waals surface area contributed by atoms with Crippen LogP contribution >= 0.6 is 0 Å². The second-order valence-corrected chi connectivity index (χ2v) is 5.33. The highest BCUT2D eigenvalue weighted by Crippen LogP contribution is 2.22. The zero-order chi connectivity index (χ0) is 15.3. The molecule has 0 bridgehead atoms. The Morgan fingerprint density at radius 1 is 1.14 bits per heavy atom. The first kappa shape index (κ1) is 15.1. The van der Waals surface area contributed by atoms with Crippen LogP contribution < -0.4 is 5.32 Å². The fourth-order valence-electron chi connectivity index (χ4n) is 1.85. The lowest BCUT2D eigenvalue weighted by Crippen LogP contribution is -2.17. The quantitative estimate of drug-likeness (QED) is 0.901. The summed E-state index contributed by atoms with van der Waals surface area (Å²) in [5.41, 5.74) is 1.29. The number of carbonyl (C=O) groups excluding carboxylic acids is 1. The number of carbonyl (C=O) groups is 1. The Hall–Kier alpha value is -2.33. The van der Waals surface area contributed by atoms with Crippen molar-refractivity contribution in [2.24, 2.45) is 0 Å². The van der Waals surface area contributed by atoms with Crippen LogP contribution in [0, 0.1) is 0 Å². The molecule has 0 aromatic heterocycles. The van der Waals surface area contributed by atoms with Gasteiger partial charge in [-0.2, -0.15) is 0 Å². The normalized spacial score (nSPS) is 11.0. The largest absolute Gasteiger partial charge is 0.444 e. The van der Waals surface area contributed by atoms with E-state index in [0.29, 0.717) is 5.69 Å². The van der Waals surface area contributed by atoms with Crippen molar-refractivity contribution in [2.45, 2.75) is 26.1 Å². The van der Waals surface area contributed by atoms with Gasteiger partial charge >= 0.3 is 6.09 Å². The molecule has 1 amide bonds. The van der Waals surface area contributed by atoms with Crippen molar-refractivity contribution in [1.29, 1.82) is 0 Å². The van der Waals surface area contributed by atoms with Crippen LogP contribution in [-0.2, 0) is 16.9 Å². The van der Waals surface area contributed by atoms with Gasteiger partial charge in [-0.3, -0.25) is 5.32 Å². The van der Waals surface area contributed by atoms with E-state index in [1.165, 1.54) is 0 Å². The van der Waals surface area contributed by atoms with E-state index in [-0.39, 0.29) is 6.61 Å². The number of anilines is 1. The molecule has 0 aliphatic heterocycles. The first-order chi connectivity index (χ1) is 9.95. The molecule has 0 aliphatic carbocycles. The number of rotatable bonds is 4. The van der Waals surface area contributed by atoms with Crippen LogP contribution in [0.25, 0.3) is 0 Å². The Balaban J connectivity index is 1.94. The van der Waals surface area contributed by atoms with Crippen molar-refractivity contribution in [3.8, 4) is 0 Å². The summed E-state index contributed by atoms with van der Waals surface area (Å²) < 4.78 is 5.14. The topological polar surface area (TPSA) is 58.6 Å². The van der Waals surface area contributed by atoms with E-state index in [4.69, 9.17) is 4.74 Å². The maximum absolute atomic E-state index is 11.8. The third-order valence-corrected chi connectivity index (χ3v) is 3.03. The minimum absolute atomic E-state index is 0.220. The Bertz CT molecular complexity index is 603. The molecule has 4 heteroatoms. The zero-order valence-corrected chi connectivity index (χ0v) is 12.2. The molecule has 0 atom stereocenters. The maximum atomic E-state index is 11.8.